The molecule has 3 aliphatic rings. The normalized spacial score (nSPS) is 37.7. The lowest BCUT2D eigenvalue weighted by molar-refractivity contribution is -0.436. The van der Waals surface area contributed by atoms with E-state index in [0.29, 0.717) is 6.42 Å². The summed E-state index contributed by atoms with van der Waals surface area (Å²) in [6.07, 6.45) is -13.0. The number of aliphatic hydroxyl groups is 1. The highest BCUT2D eigenvalue weighted by molar-refractivity contribution is 5.74. The molecule has 0 aromatic heterocycles. The monoisotopic (exact) mass is 498 g/mol. The Morgan fingerprint density at radius 2 is 1.50 bits per heavy atom. The molecule has 186 valence electrons. The van der Waals surface area contributed by atoms with Crippen molar-refractivity contribution >= 4 is 5.97 Å². The first kappa shape index (κ1) is 25.2. The molecule has 1 aliphatic heterocycles. The summed E-state index contributed by atoms with van der Waals surface area (Å²) in [4.78, 5) is 12.3. The molecule has 4 nitrogen and oxygen atoms in total. The number of hydrogen-bond donors (Lipinski definition) is 1. The van der Waals surface area contributed by atoms with Crippen LogP contribution in [0.1, 0.15) is 25.7 Å². The number of esters is 1. The molecule has 32 heavy (non-hydrogen) atoms. The van der Waals surface area contributed by atoms with Gasteiger partial charge >= 0.3 is 41.9 Å². The Bertz CT molecular complexity index is 778. The minimum atomic E-state index is -7.40. The van der Waals surface area contributed by atoms with Crippen molar-refractivity contribution in [3.8, 4) is 0 Å². The molecule has 1 heterocycles. The van der Waals surface area contributed by atoms with E-state index in [1.54, 1.807) is 0 Å². The molecule has 2 aliphatic carbocycles. The van der Waals surface area contributed by atoms with Crippen molar-refractivity contribution in [3.05, 3.63) is 0 Å². The summed E-state index contributed by atoms with van der Waals surface area (Å²) in [5.74, 6) is -31.7. The number of halogens is 12. The van der Waals surface area contributed by atoms with Crippen molar-refractivity contribution in [1.29, 1.82) is 0 Å². The van der Waals surface area contributed by atoms with Crippen molar-refractivity contribution in [3.63, 3.8) is 0 Å². The van der Waals surface area contributed by atoms with Crippen molar-refractivity contribution in [2.45, 2.75) is 67.2 Å². The zero-order valence-corrected chi connectivity index (χ0v) is 15.5. The smallest absolute Gasteiger partial charge is 0.443 e. The van der Waals surface area contributed by atoms with Gasteiger partial charge in [0.15, 0.2) is 0 Å². The summed E-state index contributed by atoms with van der Waals surface area (Å²) in [6.45, 7) is -3.00. The van der Waals surface area contributed by atoms with Crippen molar-refractivity contribution in [2.24, 2.45) is 17.8 Å². The number of rotatable bonds is 4. The number of fused-ring (bicyclic) bond motifs is 2. The summed E-state index contributed by atoms with van der Waals surface area (Å²) in [6, 6.07) is 0. The van der Waals surface area contributed by atoms with E-state index in [9.17, 15) is 62.6 Å². The quantitative estimate of drug-likeness (QED) is 0.460. The van der Waals surface area contributed by atoms with Crippen LogP contribution in [0, 0.1) is 17.8 Å². The highest BCUT2D eigenvalue weighted by Gasteiger charge is 2.95. The first-order valence-corrected chi connectivity index (χ1v) is 9.02. The van der Waals surface area contributed by atoms with E-state index >= 15 is 0 Å². The van der Waals surface area contributed by atoms with Crippen LogP contribution in [-0.2, 0) is 14.3 Å². The molecule has 0 aromatic carbocycles. The second-order valence-electron chi connectivity index (χ2n) is 8.18. The minimum Gasteiger partial charge on any atom is -0.443 e. The maximum absolute atomic E-state index is 14.7. The van der Waals surface area contributed by atoms with E-state index in [-0.39, 0.29) is 25.2 Å². The lowest BCUT2D eigenvalue weighted by Crippen LogP contribution is -2.75. The van der Waals surface area contributed by atoms with Crippen LogP contribution in [0.3, 0.4) is 0 Å². The molecule has 0 aromatic rings. The molecule has 1 N–H and O–H groups in total. The Hall–Kier alpha value is -1.45. The molecule has 0 radical (unpaired) electrons. The molecule has 0 amide bonds. The van der Waals surface area contributed by atoms with Gasteiger partial charge in [-0.25, -0.2) is 0 Å². The molecule has 1 saturated heterocycles. The lowest BCUT2D eigenvalue weighted by Gasteiger charge is -2.44. The number of ether oxygens (including phenoxy) is 2. The molecule has 5 unspecified atom stereocenters. The van der Waals surface area contributed by atoms with Gasteiger partial charge in [-0.2, -0.15) is 52.7 Å². The highest BCUT2D eigenvalue weighted by atomic mass is 19.4. The van der Waals surface area contributed by atoms with Gasteiger partial charge < -0.3 is 14.6 Å². The largest absolute Gasteiger partial charge is 0.460 e. The maximum atomic E-state index is 14.7. The topological polar surface area (TPSA) is 55.8 Å². The van der Waals surface area contributed by atoms with Gasteiger partial charge in [-0.3, -0.25) is 4.79 Å². The number of carbonyl (C=O) groups is 1. The van der Waals surface area contributed by atoms with Crippen LogP contribution in [-0.4, -0.2) is 59.2 Å². The molecular formula is C16H14F12O4. The van der Waals surface area contributed by atoms with E-state index in [4.69, 9.17) is 0 Å². The Balaban J connectivity index is 2.13. The second kappa shape index (κ2) is 6.79. The third-order valence-electron chi connectivity index (χ3n) is 6.37. The molecular weight excluding hydrogens is 484 g/mol. The van der Waals surface area contributed by atoms with Crippen molar-refractivity contribution in [2.75, 3.05) is 6.61 Å². The maximum Gasteiger partial charge on any atom is 0.460 e. The molecule has 2 bridgehead atoms. The van der Waals surface area contributed by atoms with E-state index in [2.05, 4.69) is 9.47 Å². The van der Waals surface area contributed by atoms with Crippen LogP contribution in [0.4, 0.5) is 52.7 Å². The van der Waals surface area contributed by atoms with E-state index < -0.39 is 65.9 Å². The first-order chi connectivity index (χ1) is 14.2. The van der Waals surface area contributed by atoms with E-state index in [0.717, 1.165) is 0 Å². The van der Waals surface area contributed by atoms with Gasteiger partial charge in [0.1, 0.15) is 6.61 Å². The molecule has 3 rings (SSSR count). The summed E-state index contributed by atoms with van der Waals surface area (Å²) in [5.41, 5.74) is -5.83. The van der Waals surface area contributed by atoms with Gasteiger partial charge in [-0.15, -0.1) is 0 Å². The second-order valence-corrected chi connectivity index (χ2v) is 8.18. The van der Waals surface area contributed by atoms with Crippen LogP contribution in [0.2, 0.25) is 0 Å². The zero-order chi connectivity index (χ0) is 24.8. The fourth-order valence-electron chi connectivity index (χ4n) is 4.58. The standard InChI is InChI=1S/C16H14F12O4/c17-11(18,13(21,22)15(23,24)25)10(5-31-14(30,12(10,19)20)16(26,27)28)32-9(29)8-4-6-1-2-7(8)3-6/h6-8,30H,1-5H2. The van der Waals surface area contributed by atoms with Crippen molar-refractivity contribution < 1.29 is 72.1 Å². The van der Waals surface area contributed by atoms with Gasteiger partial charge in [0.05, 0.1) is 5.92 Å². The predicted octanol–water partition coefficient (Wildman–Crippen LogP) is 4.45. The highest BCUT2D eigenvalue weighted by Crippen LogP contribution is 2.64. The lowest BCUT2D eigenvalue weighted by atomic mass is 9.82. The van der Waals surface area contributed by atoms with Gasteiger partial charge in [0.2, 0.25) is 0 Å². The van der Waals surface area contributed by atoms with E-state index in [1.165, 1.54) is 0 Å². The van der Waals surface area contributed by atoms with Crippen LogP contribution >= 0.6 is 0 Å². The average Bonchev–Trinajstić information content (AvgIpc) is 3.29. The Morgan fingerprint density at radius 3 is 1.88 bits per heavy atom. The number of alkyl halides is 12. The minimum absolute atomic E-state index is 0.170. The summed E-state index contributed by atoms with van der Waals surface area (Å²) in [7, 11) is 0. The van der Waals surface area contributed by atoms with Crippen LogP contribution in [0.5, 0.6) is 0 Å². The summed E-state index contributed by atoms with van der Waals surface area (Å²) >= 11 is 0. The number of carbonyl (C=O) groups excluding carboxylic acids is 1. The van der Waals surface area contributed by atoms with Crippen LogP contribution < -0.4 is 0 Å². The average molecular weight is 498 g/mol. The summed E-state index contributed by atoms with van der Waals surface area (Å²) in [5, 5.41) is 9.26. The van der Waals surface area contributed by atoms with Crippen LogP contribution in [0.25, 0.3) is 0 Å². The Labute approximate surface area is 170 Å². The zero-order valence-electron chi connectivity index (χ0n) is 15.5. The third kappa shape index (κ3) is 2.96. The van der Waals surface area contributed by atoms with Gasteiger partial charge in [0.25, 0.3) is 5.60 Å². The molecule has 16 heteroatoms. The van der Waals surface area contributed by atoms with Gasteiger partial charge in [-0.05, 0) is 31.1 Å². The van der Waals surface area contributed by atoms with Crippen molar-refractivity contribution in [1.82, 2.24) is 0 Å². The van der Waals surface area contributed by atoms with Crippen LogP contribution in [0.15, 0.2) is 0 Å². The summed E-state index contributed by atoms with van der Waals surface area (Å²) < 4.78 is 170. The number of hydrogen-bond acceptors (Lipinski definition) is 4. The molecule has 0 spiro atoms. The fraction of sp³-hybridized carbons (Fsp3) is 0.938. The Kier molecular flexibility index (Phi) is 5.34. The fourth-order valence-corrected chi connectivity index (χ4v) is 4.58. The molecule has 2 saturated carbocycles. The van der Waals surface area contributed by atoms with Gasteiger partial charge in [0, 0.05) is 0 Å². The molecule has 5 atom stereocenters. The Morgan fingerprint density at radius 1 is 0.938 bits per heavy atom. The van der Waals surface area contributed by atoms with Gasteiger partial charge in [-0.1, -0.05) is 6.42 Å². The first-order valence-electron chi connectivity index (χ1n) is 9.02. The predicted molar refractivity (Wildman–Crippen MR) is 75.6 cm³/mol. The van der Waals surface area contributed by atoms with E-state index in [1.807, 2.05) is 0 Å². The molecule has 3 fully saturated rings. The third-order valence-corrected chi connectivity index (χ3v) is 6.37. The SMILES string of the molecule is O=C(OC1(C(F)(F)C(F)(F)C(F)(F)F)COC(O)(C(F)(F)F)C1(F)F)C1CC2CCC1C2.